The molecule has 21 heavy (non-hydrogen) atoms. The van der Waals surface area contributed by atoms with E-state index in [-0.39, 0.29) is 6.67 Å². The molecule has 127 valence electrons. The summed E-state index contributed by atoms with van der Waals surface area (Å²) in [5, 5.41) is 0. The van der Waals surface area contributed by atoms with Crippen molar-refractivity contribution in [2.75, 3.05) is 6.67 Å². The summed E-state index contributed by atoms with van der Waals surface area (Å²) in [7, 11) is 0. The highest BCUT2D eigenvalue weighted by atomic mass is 19.1. The molecule has 0 aliphatic rings. The minimum atomic E-state index is -0.132. The predicted molar refractivity (Wildman–Crippen MR) is 94.4 cm³/mol. The lowest BCUT2D eigenvalue weighted by atomic mass is 10.0. The van der Waals surface area contributed by atoms with Crippen LogP contribution in [0.1, 0.15) is 116 Å². The summed E-state index contributed by atoms with van der Waals surface area (Å²) >= 11 is 0. The van der Waals surface area contributed by atoms with E-state index in [2.05, 4.69) is 13.3 Å². The molecule has 0 nitrogen and oxygen atoms in total. The zero-order valence-electron chi connectivity index (χ0n) is 14.7. The average Bonchev–Trinajstić information content (AvgIpc) is 2.50. The lowest BCUT2D eigenvalue weighted by Gasteiger charge is -2.03. The molecule has 0 amide bonds. The van der Waals surface area contributed by atoms with Crippen LogP contribution < -0.4 is 0 Å². The Balaban J connectivity index is 2.90. The zero-order chi connectivity index (χ0) is 15.4. The van der Waals surface area contributed by atoms with Crippen molar-refractivity contribution >= 4 is 0 Å². The molecule has 0 fully saturated rings. The second-order valence-corrected chi connectivity index (χ2v) is 6.50. The molecule has 1 heteroatoms. The van der Waals surface area contributed by atoms with Crippen LogP contribution in [0.25, 0.3) is 0 Å². The Bertz CT molecular complexity index is 149. The third-order valence-corrected chi connectivity index (χ3v) is 4.30. The van der Waals surface area contributed by atoms with Crippen LogP contribution in [-0.4, -0.2) is 6.67 Å². The van der Waals surface area contributed by atoms with Gasteiger partial charge in [0, 0.05) is 0 Å². The first kappa shape index (κ1) is 20.9. The van der Waals surface area contributed by atoms with Gasteiger partial charge in [0.25, 0.3) is 0 Å². The van der Waals surface area contributed by atoms with E-state index in [0.29, 0.717) is 0 Å². The number of alkyl halides is 1. The molecule has 0 atom stereocenters. The predicted octanol–water partition coefficient (Wildman–Crippen LogP) is 7.81. The van der Waals surface area contributed by atoms with Gasteiger partial charge < -0.3 is 0 Å². The van der Waals surface area contributed by atoms with Crippen LogP contribution in [0.5, 0.6) is 0 Å². The number of halogens is 1. The Labute approximate surface area is 134 Å². The Morgan fingerprint density at radius 1 is 0.524 bits per heavy atom. The van der Waals surface area contributed by atoms with Gasteiger partial charge in [0.1, 0.15) is 0 Å². The standard InChI is InChI=1S/C20H40F/c1-2-3-4-5-6-7-8-9-10-11-12-13-14-15-16-17-18-19-20-21/h12H,2-11,13-20H2,1H3. The Hall–Kier alpha value is -0.0700. The first-order chi connectivity index (χ1) is 10.4. The van der Waals surface area contributed by atoms with E-state index in [1.807, 2.05) is 0 Å². The van der Waals surface area contributed by atoms with Crippen LogP contribution in [0.3, 0.4) is 0 Å². The summed E-state index contributed by atoms with van der Waals surface area (Å²) in [6.45, 7) is 2.15. The zero-order valence-corrected chi connectivity index (χ0v) is 14.7. The molecule has 0 heterocycles. The summed E-state index contributed by atoms with van der Waals surface area (Å²) in [5.41, 5.74) is 0. The van der Waals surface area contributed by atoms with Crippen LogP contribution in [0.4, 0.5) is 4.39 Å². The van der Waals surface area contributed by atoms with E-state index in [1.54, 1.807) is 0 Å². The first-order valence-electron chi connectivity index (χ1n) is 9.79. The highest BCUT2D eigenvalue weighted by Gasteiger charge is 1.94. The molecule has 0 aliphatic heterocycles. The van der Waals surface area contributed by atoms with E-state index in [1.165, 1.54) is 96.3 Å². The third-order valence-electron chi connectivity index (χ3n) is 4.30. The number of unbranched alkanes of at least 4 members (excludes halogenated alkanes) is 17. The van der Waals surface area contributed by atoms with Crippen LogP contribution in [0, 0.1) is 6.42 Å². The van der Waals surface area contributed by atoms with Gasteiger partial charge in [0.05, 0.1) is 6.67 Å². The van der Waals surface area contributed by atoms with E-state index < -0.39 is 0 Å². The van der Waals surface area contributed by atoms with Gasteiger partial charge in [-0.05, 0) is 12.8 Å². The van der Waals surface area contributed by atoms with Crippen LogP contribution in [0.2, 0.25) is 0 Å². The highest BCUT2D eigenvalue weighted by molar-refractivity contribution is 4.64. The summed E-state index contributed by atoms with van der Waals surface area (Å²) < 4.78 is 11.9. The van der Waals surface area contributed by atoms with Crippen molar-refractivity contribution in [2.24, 2.45) is 0 Å². The Kier molecular flexibility index (Phi) is 19.9. The van der Waals surface area contributed by atoms with Crippen molar-refractivity contribution in [1.82, 2.24) is 0 Å². The van der Waals surface area contributed by atoms with Gasteiger partial charge in [-0.3, -0.25) is 4.39 Å². The molecule has 0 aromatic carbocycles. The number of hydrogen-bond acceptors (Lipinski definition) is 0. The molecule has 0 aliphatic carbocycles. The minimum Gasteiger partial charge on any atom is -0.251 e. The van der Waals surface area contributed by atoms with E-state index >= 15 is 0 Å². The fraction of sp³-hybridized carbons (Fsp3) is 0.950. The molecule has 0 bridgehead atoms. The van der Waals surface area contributed by atoms with Gasteiger partial charge in [-0.25, -0.2) is 0 Å². The molecule has 0 rings (SSSR count). The molecule has 0 spiro atoms. The lowest BCUT2D eigenvalue weighted by molar-refractivity contribution is 0.450. The molecular formula is C20H40F. The molecule has 0 N–H and O–H groups in total. The molecule has 0 saturated heterocycles. The smallest absolute Gasteiger partial charge is 0.0894 e. The van der Waals surface area contributed by atoms with Crippen molar-refractivity contribution in [3.63, 3.8) is 0 Å². The first-order valence-corrected chi connectivity index (χ1v) is 9.79. The average molecular weight is 300 g/mol. The van der Waals surface area contributed by atoms with Gasteiger partial charge in [-0.1, -0.05) is 110 Å². The second-order valence-electron chi connectivity index (χ2n) is 6.50. The van der Waals surface area contributed by atoms with Gasteiger partial charge in [-0.15, -0.1) is 0 Å². The van der Waals surface area contributed by atoms with Crippen molar-refractivity contribution < 1.29 is 4.39 Å². The molecule has 0 unspecified atom stereocenters. The maximum Gasteiger partial charge on any atom is 0.0894 e. The molecular weight excluding hydrogens is 259 g/mol. The van der Waals surface area contributed by atoms with Crippen molar-refractivity contribution in [2.45, 2.75) is 116 Å². The summed E-state index contributed by atoms with van der Waals surface area (Å²) in [5.74, 6) is 0. The maximum atomic E-state index is 11.9. The monoisotopic (exact) mass is 299 g/mol. The van der Waals surface area contributed by atoms with E-state index in [9.17, 15) is 4.39 Å². The largest absolute Gasteiger partial charge is 0.251 e. The quantitative estimate of drug-likeness (QED) is 0.226. The topological polar surface area (TPSA) is 0 Å². The normalized spacial score (nSPS) is 11.1. The fourth-order valence-electron chi connectivity index (χ4n) is 2.83. The van der Waals surface area contributed by atoms with Crippen LogP contribution in [0.15, 0.2) is 0 Å². The van der Waals surface area contributed by atoms with Gasteiger partial charge in [-0.2, -0.15) is 0 Å². The summed E-state index contributed by atoms with van der Waals surface area (Å²) in [4.78, 5) is 0. The molecule has 0 aromatic rings. The van der Waals surface area contributed by atoms with Crippen LogP contribution in [-0.2, 0) is 0 Å². The maximum absolute atomic E-state index is 11.9. The highest BCUT2D eigenvalue weighted by Crippen LogP contribution is 2.13. The number of hydrogen-bond donors (Lipinski definition) is 0. The van der Waals surface area contributed by atoms with Crippen molar-refractivity contribution in [1.29, 1.82) is 0 Å². The van der Waals surface area contributed by atoms with Gasteiger partial charge >= 0.3 is 0 Å². The van der Waals surface area contributed by atoms with Gasteiger partial charge in [0.2, 0.25) is 0 Å². The SMILES string of the molecule is CCCCCCCCCCC[CH]CCCCCCCCF. The summed E-state index contributed by atoms with van der Waals surface area (Å²) in [6.07, 6.45) is 25.0. The fourth-order valence-corrected chi connectivity index (χ4v) is 2.83. The lowest BCUT2D eigenvalue weighted by Crippen LogP contribution is -1.84. The Morgan fingerprint density at radius 2 is 0.905 bits per heavy atom. The molecule has 0 aromatic heterocycles. The molecule has 0 saturated carbocycles. The second kappa shape index (κ2) is 19.9. The van der Waals surface area contributed by atoms with E-state index in [0.717, 1.165) is 12.8 Å². The Morgan fingerprint density at radius 3 is 1.33 bits per heavy atom. The van der Waals surface area contributed by atoms with Crippen LogP contribution >= 0.6 is 0 Å². The third kappa shape index (κ3) is 19.9. The van der Waals surface area contributed by atoms with Crippen molar-refractivity contribution in [3.8, 4) is 0 Å². The minimum absolute atomic E-state index is 0.132. The molecule has 1 radical (unpaired) electrons. The van der Waals surface area contributed by atoms with Gasteiger partial charge in [0.15, 0.2) is 0 Å². The number of rotatable bonds is 18. The summed E-state index contributed by atoms with van der Waals surface area (Å²) in [6, 6.07) is 0. The van der Waals surface area contributed by atoms with E-state index in [4.69, 9.17) is 0 Å². The van der Waals surface area contributed by atoms with Crippen molar-refractivity contribution in [3.05, 3.63) is 6.42 Å².